The SMILES string of the molecule is CCC(CC)CN(CC(=O)OC)C(=O)c1csc(Br)c1. The minimum Gasteiger partial charge on any atom is -0.468 e. The summed E-state index contributed by atoms with van der Waals surface area (Å²) in [6.45, 7) is 4.76. The number of carbonyl (C=O) groups excluding carboxylic acids is 2. The van der Waals surface area contributed by atoms with Crippen LogP contribution in [0, 0.1) is 5.92 Å². The Bertz CT molecular complexity index is 457. The van der Waals surface area contributed by atoms with Crippen molar-refractivity contribution in [3.63, 3.8) is 0 Å². The Labute approximate surface area is 132 Å². The Morgan fingerprint density at radius 3 is 2.50 bits per heavy atom. The first-order chi connectivity index (χ1) is 9.51. The van der Waals surface area contributed by atoms with Crippen molar-refractivity contribution in [3.05, 3.63) is 20.8 Å². The first-order valence-corrected chi connectivity index (χ1v) is 8.29. The molecule has 6 heteroatoms. The average molecular weight is 362 g/mol. The van der Waals surface area contributed by atoms with Crippen LogP contribution in [0.4, 0.5) is 0 Å². The molecule has 1 amide bonds. The number of halogens is 1. The Morgan fingerprint density at radius 2 is 2.05 bits per heavy atom. The van der Waals surface area contributed by atoms with E-state index in [1.807, 2.05) is 0 Å². The molecule has 0 bridgehead atoms. The average Bonchev–Trinajstić information content (AvgIpc) is 2.88. The molecule has 112 valence electrons. The van der Waals surface area contributed by atoms with E-state index in [-0.39, 0.29) is 12.5 Å². The minimum atomic E-state index is -0.390. The van der Waals surface area contributed by atoms with Crippen LogP contribution in [0.3, 0.4) is 0 Å². The lowest BCUT2D eigenvalue weighted by molar-refractivity contribution is -0.141. The molecule has 1 aromatic rings. The second-order valence-electron chi connectivity index (χ2n) is 4.58. The van der Waals surface area contributed by atoms with Gasteiger partial charge in [-0.15, -0.1) is 11.3 Å². The van der Waals surface area contributed by atoms with E-state index in [0.717, 1.165) is 16.6 Å². The van der Waals surface area contributed by atoms with E-state index in [2.05, 4.69) is 34.5 Å². The van der Waals surface area contributed by atoms with Crippen molar-refractivity contribution in [3.8, 4) is 0 Å². The summed E-state index contributed by atoms with van der Waals surface area (Å²) in [5.74, 6) is -0.117. The van der Waals surface area contributed by atoms with Crippen molar-refractivity contribution >= 4 is 39.1 Å². The van der Waals surface area contributed by atoms with Gasteiger partial charge in [0.15, 0.2) is 0 Å². The quantitative estimate of drug-likeness (QED) is 0.697. The molecule has 1 heterocycles. The predicted octanol–water partition coefficient (Wildman–Crippen LogP) is 3.56. The van der Waals surface area contributed by atoms with Crippen LogP contribution < -0.4 is 0 Å². The van der Waals surface area contributed by atoms with E-state index in [1.54, 1.807) is 16.3 Å². The number of thiophene rings is 1. The Morgan fingerprint density at radius 1 is 1.40 bits per heavy atom. The summed E-state index contributed by atoms with van der Waals surface area (Å²) in [5, 5.41) is 1.80. The van der Waals surface area contributed by atoms with E-state index in [4.69, 9.17) is 0 Å². The fourth-order valence-electron chi connectivity index (χ4n) is 1.90. The van der Waals surface area contributed by atoms with Crippen molar-refractivity contribution in [1.82, 2.24) is 4.90 Å². The smallest absolute Gasteiger partial charge is 0.325 e. The normalized spacial score (nSPS) is 10.7. The minimum absolute atomic E-state index is 0.000695. The molecule has 0 aliphatic carbocycles. The standard InChI is InChI=1S/C14H20BrNO3S/c1-4-10(5-2)7-16(8-13(17)19-3)14(18)11-6-12(15)20-9-11/h6,9-10H,4-5,7-8H2,1-3H3. The summed E-state index contributed by atoms with van der Waals surface area (Å²) in [7, 11) is 1.34. The van der Waals surface area contributed by atoms with Gasteiger partial charge in [-0.25, -0.2) is 0 Å². The largest absolute Gasteiger partial charge is 0.468 e. The monoisotopic (exact) mass is 361 g/mol. The third-order valence-corrected chi connectivity index (χ3v) is 4.79. The second kappa shape index (κ2) is 8.42. The number of rotatable bonds is 7. The summed E-state index contributed by atoms with van der Waals surface area (Å²) < 4.78 is 5.59. The number of methoxy groups -OCH3 is 1. The van der Waals surface area contributed by atoms with Gasteiger partial charge in [-0.1, -0.05) is 26.7 Å². The van der Waals surface area contributed by atoms with Crippen LogP contribution in [0.5, 0.6) is 0 Å². The van der Waals surface area contributed by atoms with E-state index >= 15 is 0 Å². The molecule has 0 saturated carbocycles. The summed E-state index contributed by atoms with van der Waals surface area (Å²) in [4.78, 5) is 25.6. The molecule has 0 aliphatic rings. The summed E-state index contributed by atoms with van der Waals surface area (Å²) >= 11 is 4.81. The van der Waals surface area contributed by atoms with Crippen molar-refractivity contribution in [2.45, 2.75) is 26.7 Å². The third-order valence-electron chi connectivity index (χ3n) is 3.28. The molecule has 0 aliphatic heterocycles. The molecular formula is C14H20BrNO3S. The highest BCUT2D eigenvalue weighted by Gasteiger charge is 2.22. The van der Waals surface area contributed by atoms with Crippen LogP contribution in [0.15, 0.2) is 15.2 Å². The number of nitrogens with zero attached hydrogens (tertiary/aromatic N) is 1. The van der Waals surface area contributed by atoms with Crippen LogP contribution in [0.25, 0.3) is 0 Å². The van der Waals surface area contributed by atoms with E-state index in [9.17, 15) is 9.59 Å². The van der Waals surface area contributed by atoms with Gasteiger partial charge in [-0.3, -0.25) is 9.59 Å². The van der Waals surface area contributed by atoms with Gasteiger partial charge in [0.05, 0.1) is 16.5 Å². The van der Waals surface area contributed by atoms with E-state index in [1.165, 1.54) is 18.4 Å². The number of hydrogen-bond donors (Lipinski definition) is 0. The number of amides is 1. The van der Waals surface area contributed by atoms with Gasteiger partial charge in [0.2, 0.25) is 0 Å². The molecular weight excluding hydrogens is 342 g/mol. The van der Waals surface area contributed by atoms with Crippen LogP contribution in [-0.4, -0.2) is 37.0 Å². The maximum atomic E-state index is 12.5. The van der Waals surface area contributed by atoms with E-state index < -0.39 is 5.97 Å². The first kappa shape index (κ1) is 17.2. The highest BCUT2D eigenvalue weighted by Crippen LogP contribution is 2.22. The molecule has 0 atom stereocenters. The summed E-state index contributed by atoms with van der Waals surface area (Å²) in [5.41, 5.74) is 0.608. The van der Waals surface area contributed by atoms with Crippen molar-refractivity contribution in [1.29, 1.82) is 0 Å². The van der Waals surface area contributed by atoms with Crippen LogP contribution >= 0.6 is 27.3 Å². The number of carbonyl (C=O) groups is 2. The van der Waals surface area contributed by atoms with Crippen LogP contribution in [0.2, 0.25) is 0 Å². The molecule has 0 saturated heterocycles. The fourth-order valence-corrected chi connectivity index (χ4v) is 3.03. The Balaban J connectivity index is 2.85. The molecule has 0 N–H and O–H groups in total. The maximum absolute atomic E-state index is 12.5. The lowest BCUT2D eigenvalue weighted by atomic mass is 10.0. The fraction of sp³-hybridized carbons (Fsp3) is 0.571. The predicted molar refractivity (Wildman–Crippen MR) is 84.0 cm³/mol. The zero-order chi connectivity index (χ0) is 15.1. The highest BCUT2D eigenvalue weighted by molar-refractivity contribution is 9.11. The number of hydrogen-bond acceptors (Lipinski definition) is 4. The third kappa shape index (κ3) is 4.90. The molecule has 20 heavy (non-hydrogen) atoms. The van der Waals surface area contributed by atoms with Crippen molar-refractivity contribution < 1.29 is 14.3 Å². The van der Waals surface area contributed by atoms with Gasteiger partial charge in [-0.2, -0.15) is 0 Å². The zero-order valence-corrected chi connectivity index (χ0v) is 14.4. The molecule has 0 aromatic carbocycles. The molecule has 0 fully saturated rings. The lowest BCUT2D eigenvalue weighted by Crippen LogP contribution is -2.39. The van der Waals surface area contributed by atoms with Gasteiger partial charge in [-0.05, 0) is 27.9 Å². The molecule has 4 nitrogen and oxygen atoms in total. The van der Waals surface area contributed by atoms with Crippen LogP contribution in [-0.2, 0) is 9.53 Å². The highest BCUT2D eigenvalue weighted by atomic mass is 79.9. The van der Waals surface area contributed by atoms with Crippen molar-refractivity contribution in [2.24, 2.45) is 5.92 Å². The summed E-state index contributed by atoms with van der Waals surface area (Å²) in [6.07, 6.45) is 1.96. The maximum Gasteiger partial charge on any atom is 0.325 e. The molecule has 1 aromatic heterocycles. The van der Waals surface area contributed by atoms with Gasteiger partial charge in [0.25, 0.3) is 5.91 Å². The zero-order valence-electron chi connectivity index (χ0n) is 12.0. The summed E-state index contributed by atoms with van der Waals surface area (Å²) in [6, 6.07) is 1.78. The Hall–Kier alpha value is -0.880. The number of esters is 1. The van der Waals surface area contributed by atoms with Gasteiger partial charge >= 0.3 is 5.97 Å². The molecule has 0 spiro atoms. The number of ether oxygens (including phenoxy) is 1. The van der Waals surface area contributed by atoms with Gasteiger partial charge < -0.3 is 9.64 Å². The molecule has 0 unspecified atom stereocenters. The van der Waals surface area contributed by atoms with Gasteiger partial charge in [0, 0.05) is 11.9 Å². The van der Waals surface area contributed by atoms with Crippen molar-refractivity contribution in [2.75, 3.05) is 20.2 Å². The Kier molecular flexibility index (Phi) is 7.23. The topological polar surface area (TPSA) is 46.6 Å². The van der Waals surface area contributed by atoms with Gasteiger partial charge in [0.1, 0.15) is 6.54 Å². The lowest BCUT2D eigenvalue weighted by Gasteiger charge is -2.25. The second-order valence-corrected chi connectivity index (χ2v) is 6.87. The molecule has 0 radical (unpaired) electrons. The van der Waals surface area contributed by atoms with E-state index in [0.29, 0.717) is 18.0 Å². The first-order valence-electron chi connectivity index (χ1n) is 6.61. The van der Waals surface area contributed by atoms with Crippen LogP contribution in [0.1, 0.15) is 37.0 Å². The molecule has 1 rings (SSSR count).